The topological polar surface area (TPSA) is 61.6 Å². The third-order valence-corrected chi connectivity index (χ3v) is 6.38. The molecule has 1 unspecified atom stereocenters. The first kappa shape index (κ1) is 19.9. The molecule has 27 heavy (non-hydrogen) atoms. The Bertz CT molecular complexity index is 739. The molecule has 0 saturated carbocycles. The van der Waals surface area contributed by atoms with Crippen molar-refractivity contribution in [1.29, 1.82) is 0 Å². The van der Waals surface area contributed by atoms with E-state index in [-0.39, 0.29) is 10.6 Å². The number of nitro benzene ring substituents is 1. The van der Waals surface area contributed by atoms with Crippen molar-refractivity contribution in [2.75, 3.05) is 39.3 Å². The molecule has 7 heteroatoms. The van der Waals surface area contributed by atoms with Crippen molar-refractivity contribution in [3.8, 4) is 10.4 Å². The summed E-state index contributed by atoms with van der Waals surface area (Å²) in [6.45, 7) is 12.2. The molecule has 0 radical (unpaired) electrons. The van der Waals surface area contributed by atoms with Crippen LogP contribution in [0.3, 0.4) is 0 Å². The van der Waals surface area contributed by atoms with Gasteiger partial charge < -0.3 is 10.2 Å². The molecular formula is C20H28N4O2S. The Morgan fingerprint density at radius 1 is 1.15 bits per heavy atom. The highest BCUT2D eigenvalue weighted by molar-refractivity contribution is 7.15. The van der Waals surface area contributed by atoms with Gasteiger partial charge in [0.2, 0.25) is 0 Å². The van der Waals surface area contributed by atoms with Gasteiger partial charge in [-0.15, -0.1) is 11.3 Å². The maximum atomic E-state index is 10.8. The van der Waals surface area contributed by atoms with E-state index < -0.39 is 0 Å². The van der Waals surface area contributed by atoms with Crippen molar-refractivity contribution in [3.05, 3.63) is 51.4 Å². The molecule has 1 aliphatic rings. The molecule has 1 aromatic carbocycles. The Hall–Kier alpha value is -1.80. The highest BCUT2D eigenvalue weighted by Crippen LogP contribution is 2.29. The van der Waals surface area contributed by atoms with E-state index in [2.05, 4.69) is 41.1 Å². The van der Waals surface area contributed by atoms with Gasteiger partial charge in [-0.1, -0.05) is 6.92 Å². The third kappa shape index (κ3) is 5.35. The number of piperazine rings is 1. The molecule has 1 N–H and O–H groups in total. The van der Waals surface area contributed by atoms with Gasteiger partial charge in [0.25, 0.3) is 5.69 Å². The van der Waals surface area contributed by atoms with Crippen molar-refractivity contribution in [3.63, 3.8) is 0 Å². The number of nitro groups is 1. The summed E-state index contributed by atoms with van der Waals surface area (Å²) in [7, 11) is 0. The molecule has 0 aliphatic carbocycles. The van der Waals surface area contributed by atoms with Gasteiger partial charge in [0, 0.05) is 67.2 Å². The molecule has 1 aliphatic heterocycles. The summed E-state index contributed by atoms with van der Waals surface area (Å²) in [5.74, 6) is 0. The van der Waals surface area contributed by atoms with Crippen LogP contribution in [0.15, 0.2) is 36.4 Å². The van der Waals surface area contributed by atoms with Crippen molar-refractivity contribution in [1.82, 2.24) is 15.1 Å². The van der Waals surface area contributed by atoms with E-state index >= 15 is 0 Å². The van der Waals surface area contributed by atoms with Crippen LogP contribution in [0.1, 0.15) is 18.7 Å². The van der Waals surface area contributed by atoms with Crippen LogP contribution >= 0.6 is 11.3 Å². The van der Waals surface area contributed by atoms with Gasteiger partial charge in [0.15, 0.2) is 0 Å². The van der Waals surface area contributed by atoms with Gasteiger partial charge in [-0.3, -0.25) is 15.0 Å². The number of benzene rings is 1. The largest absolute Gasteiger partial charge is 0.310 e. The second kappa shape index (κ2) is 9.41. The fourth-order valence-corrected chi connectivity index (χ4v) is 4.41. The molecule has 1 fully saturated rings. The number of nitrogens with one attached hydrogen (secondary N) is 1. The summed E-state index contributed by atoms with van der Waals surface area (Å²) in [6.07, 6.45) is 0. The van der Waals surface area contributed by atoms with Gasteiger partial charge in [-0.05, 0) is 43.3 Å². The first-order valence-corrected chi connectivity index (χ1v) is 10.4. The summed E-state index contributed by atoms with van der Waals surface area (Å²) in [4.78, 5) is 17.9. The van der Waals surface area contributed by atoms with Crippen LogP contribution in [0.25, 0.3) is 10.4 Å². The fraction of sp³-hybridized carbons (Fsp3) is 0.500. The van der Waals surface area contributed by atoms with Crippen LogP contribution in [-0.2, 0) is 6.54 Å². The molecule has 0 amide bonds. The third-order valence-electron chi connectivity index (χ3n) is 5.24. The summed E-state index contributed by atoms with van der Waals surface area (Å²) < 4.78 is 0. The lowest BCUT2D eigenvalue weighted by Gasteiger charge is -2.37. The monoisotopic (exact) mass is 388 g/mol. The second-order valence-corrected chi connectivity index (χ2v) is 8.19. The van der Waals surface area contributed by atoms with Gasteiger partial charge >= 0.3 is 0 Å². The molecule has 2 heterocycles. The summed E-state index contributed by atoms with van der Waals surface area (Å²) in [5, 5.41) is 14.3. The lowest BCUT2D eigenvalue weighted by atomic mass is 10.2. The van der Waals surface area contributed by atoms with Gasteiger partial charge in [-0.25, -0.2) is 0 Å². The molecule has 0 spiro atoms. The molecular weight excluding hydrogens is 360 g/mol. The second-order valence-electron chi connectivity index (χ2n) is 7.02. The number of likely N-dealkylation sites (N-methyl/N-ethyl adjacent to an activating group) is 1. The first-order chi connectivity index (χ1) is 13.1. The van der Waals surface area contributed by atoms with Gasteiger partial charge in [-0.2, -0.15) is 0 Å². The lowest BCUT2D eigenvalue weighted by Crippen LogP contribution is -2.51. The maximum absolute atomic E-state index is 10.8. The van der Waals surface area contributed by atoms with Crippen LogP contribution in [0, 0.1) is 10.1 Å². The molecule has 146 valence electrons. The fourth-order valence-electron chi connectivity index (χ4n) is 3.43. The molecule has 3 rings (SSSR count). The number of hydrogen-bond acceptors (Lipinski definition) is 6. The predicted octanol–water partition coefficient (Wildman–Crippen LogP) is 3.44. The van der Waals surface area contributed by atoms with Gasteiger partial charge in [0.05, 0.1) is 4.92 Å². The predicted molar refractivity (Wildman–Crippen MR) is 111 cm³/mol. The zero-order chi connectivity index (χ0) is 19.2. The molecule has 1 saturated heterocycles. The Labute approximate surface area is 164 Å². The molecule has 6 nitrogen and oxygen atoms in total. The molecule has 1 atom stereocenters. The summed E-state index contributed by atoms with van der Waals surface area (Å²) >= 11 is 1.74. The minimum absolute atomic E-state index is 0.131. The van der Waals surface area contributed by atoms with Gasteiger partial charge in [0.1, 0.15) is 0 Å². The average molecular weight is 389 g/mol. The highest BCUT2D eigenvalue weighted by atomic mass is 32.1. The van der Waals surface area contributed by atoms with Crippen LogP contribution < -0.4 is 5.32 Å². The van der Waals surface area contributed by atoms with E-state index in [9.17, 15) is 10.1 Å². The Morgan fingerprint density at radius 3 is 2.48 bits per heavy atom. The van der Waals surface area contributed by atoms with Crippen LogP contribution in [-0.4, -0.2) is 60.0 Å². The summed E-state index contributed by atoms with van der Waals surface area (Å²) in [5.41, 5.74) is 1.16. The minimum atomic E-state index is -0.364. The number of non-ortho nitro benzene ring substituents is 1. The Morgan fingerprint density at radius 2 is 1.85 bits per heavy atom. The van der Waals surface area contributed by atoms with E-state index in [4.69, 9.17) is 0 Å². The van der Waals surface area contributed by atoms with E-state index in [0.29, 0.717) is 6.04 Å². The number of hydrogen-bond donors (Lipinski definition) is 1. The zero-order valence-corrected chi connectivity index (χ0v) is 16.9. The smallest absolute Gasteiger partial charge is 0.269 e. The van der Waals surface area contributed by atoms with Crippen molar-refractivity contribution in [2.45, 2.75) is 26.4 Å². The SMILES string of the molecule is CCN1CCN(C(C)CNCc2ccc(-c3ccc([N+](=O)[O-])cc3)s2)CC1. The zero-order valence-electron chi connectivity index (χ0n) is 16.1. The number of nitrogens with zero attached hydrogens (tertiary/aromatic N) is 3. The number of rotatable bonds is 8. The normalized spacial score (nSPS) is 17.1. The molecule has 2 aromatic rings. The van der Waals surface area contributed by atoms with E-state index in [1.807, 2.05) is 12.1 Å². The van der Waals surface area contributed by atoms with Crippen LogP contribution in [0.4, 0.5) is 5.69 Å². The van der Waals surface area contributed by atoms with E-state index in [1.54, 1.807) is 23.5 Å². The van der Waals surface area contributed by atoms with Crippen molar-refractivity contribution < 1.29 is 4.92 Å². The minimum Gasteiger partial charge on any atom is -0.310 e. The highest BCUT2D eigenvalue weighted by Gasteiger charge is 2.19. The Balaban J connectivity index is 1.46. The van der Waals surface area contributed by atoms with Crippen LogP contribution in [0.2, 0.25) is 0 Å². The average Bonchev–Trinajstić information content (AvgIpc) is 3.17. The lowest BCUT2D eigenvalue weighted by molar-refractivity contribution is -0.384. The maximum Gasteiger partial charge on any atom is 0.269 e. The summed E-state index contributed by atoms with van der Waals surface area (Å²) in [6, 6.07) is 11.5. The van der Waals surface area contributed by atoms with Crippen LogP contribution in [0.5, 0.6) is 0 Å². The van der Waals surface area contributed by atoms with Crippen molar-refractivity contribution in [2.24, 2.45) is 0 Å². The Kier molecular flexibility index (Phi) is 6.95. The number of thiophene rings is 1. The first-order valence-electron chi connectivity index (χ1n) is 9.57. The van der Waals surface area contributed by atoms with E-state index in [0.717, 1.165) is 43.2 Å². The molecule has 0 bridgehead atoms. The van der Waals surface area contributed by atoms with Crippen molar-refractivity contribution >= 4 is 17.0 Å². The standard InChI is InChI=1S/C20H28N4O2S/c1-3-22-10-12-23(13-11-22)16(2)14-21-15-19-8-9-20(27-19)17-4-6-18(7-5-17)24(25)26/h4-9,16,21H,3,10-15H2,1-2H3. The molecule has 1 aromatic heterocycles. The van der Waals surface area contributed by atoms with E-state index in [1.165, 1.54) is 18.0 Å². The quantitative estimate of drug-likeness (QED) is 0.554.